The summed E-state index contributed by atoms with van der Waals surface area (Å²) in [5.41, 5.74) is 1.15. The topological polar surface area (TPSA) is 68.2 Å². The highest BCUT2D eigenvalue weighted by atomic mass is 19.1. The van der Waals surface area contributed by atoms with Gasteiger partial charge in [-0.05, 0) is 37.7 Å². The summed E-state index contributed by atoms with van der Waals surface area (Å²) in [5.74, 6) is 0.718. The van der Waals surface area contributed by atoms with Crippen molar-refractivity contribution in [2.45, 2.75) is 31.6 Å². The molecule has 0 bridgehead atoms. The summed E-state index contributed by atoms with van der Waals surface area (Å²) in [5, 5.41) is 0. The van der Waals surface area contributed by atoms with Gasteiger partial charge in [0, 0.05) is 31.3 Å². The average molecular weight is 356 g/mol. The smallest absolute Gasteiger partial charge is 0.256 e. The first kappa shape index (κ1) is 16.9. The fourth-order valence-electron chi connectivity index (χ4n) is 3.26. The number of rotatable bonds is 5. The summed E-state index contributed by atoms with van der Waals surface area (Å²) in [6, 6.07) is 3.36. The third-order valence-electron chi connectivity index (χ3n) is 5.03. The molecule has 6 nitrogen and oxygen atoms in total. The van der Waals surface area contributed by atoms with Gasteiger partial charge in [0.1, 0.15) is 6.33 Å². The maximum absolute atomic E-state index is 13.7. The molecule has 1 saturated heterocycles. The summed E-state index contributed by atoms with van der Waals surface area (Å²) in [6.07, 6.45) is 8.13. The van der Waals surface area contributed by atoms with Crippen LogP contribution in [0.25, 0.3) is 0 Å². The van der Waals surface area contributed by atoms with E-state index in [1.807, 2.05) is 6.07 Å². The number of amides is 1. The zero-order chi connectivity index (χ0) is 17.9. The van der Waals surface area contributed by atoms with Crippen molar-refractivity contribution in [1.29, 1.82) is 0 Å². The normalized spacial score (nSPS) is 18.0. The Balaban J connectivity index is 1.28. The van der Waals surface area contributed by atoms with E-state index in [2.05, 4.69) is 15.0 Å². The molecule has 26 heavy (non-hydrogen) atoms. The molecule has 7 heteroatoms. The molecular formula is C19H21FN4O2. The van der Waals surface area contributed by atoms with Crippen molar-refractivity contribution in [3.63, 3.8) is 0 Å². The second kappa shape index (κ2) is 7.35. The number of hydrogen-bond acceptors (Lipinski definition) is 5. The highest BCUT2D eigenvalue weighted by Crippen LogP contribution is 2.39. The van der Waals surface area contributed by atoms with E-state index in [9.17, 15) is 9.18 Å². The molecule has 0 spiro atoms. The van der Waals surface area contributed by atoms with E-state index in [1.165, 1.54) is 25.1 Å². The molecule has 3 heterocycles. The summed E-state index contributed by atoms with van der Waals surface area (Å²) < 4.78 is 19.6. The molecule has 1 amide bonds. The lowest BCUT2D eigenvalue weighted by atomic mass is 9.97. The number of likely N-dealkylation sites (tertiary alicyclic amines) is 1. The predicted molar refractivity (Wildman–Crippen MR) is 92.3 cm³/mol. The zero-order valence-corrected chi connectivity index (χ0v) is 14.5. The van der Waals surface area contributed by atoms with E-state index >= 15 is 0 Å². The van der Waals surface area contributed by atoms with Crippen LogP contribution in [0.2, 0.25) is 0 Å². The van der Waals surface area contributed by atoms with Gasteiger partial charge < -0.3 is 9.64 Å². The van der Waals surface area contributed by atoms with Gasteiger partial charge in [0.2, 0.25) is 5.88 Å². The molecule has 4 rings (SSSR count). The SMILES string of the molecule is O=C(c1ccncc1F)N1CCC(COc2cc(C3CC3)ncn2)CC1. The Morgan fingerprint density at radius 2 is 2.04 bits per heavy atom. The van der Waals surface area contributed by atoms with Crippen molar-refractivity contribution in [3.05, 3.63) is 47.9 Å². The molecule has 1 saturated carbocycles. The molecule has 0 aromatic carbocycles. The van der Waals surface area contributed by atoms with Gasteiger partial charge in [-0.2, -0.15) is 0 Å². The maximum Gasteiger partial charge on any atom is 0.256 e. The molecule has 2 aromatic heterocycles. The largest absolute Gasteiger partial charge is 0.477 e. The molecule has 1 aliphatic heterocycles. The predicted octanol–water partition coefficient (Wildman–Crippen LogP) is 2.82. The second-order valence-corrected chi connectivity index (χ2v) is 6.96. The van der Waals surface area contributed by atoms with Crippen LogP contribution >= 0.6 is 0 Å². The lowest BCUT2D eigenvalue weighted by Crippen LogP contribution is -2.40. The molecule has 2 aromatic rings. The Hall–Kier alpha value is -2.57. The molecule has 136 valence electrons. The van der Waals surface area contributed by atoms with Crippen LogP contribution in [0.4, 0.5) is 4.39 Å². The van der Waals surface area contributed by atoms with E-state index in [0.717, 1.165) is 24.7 Å². The number of nitrogens with zero attached hydrogens (tertiary/aromatic N) is 4. The molecule has 0 atom stereocenters. The van der Waals surface area contributed by atoms with Gasteiger partial charge in [0.05, 0.1) is 24.1 Å². The highest BCUT2D eigenvalue weighted by Gasteiger charge is 2.27. The van der Waals surface area contributed by atoms with Crippen LogP contribution in [0.3, 0.4) is 0 Å². The molecular weight excluding hydrogens is 335 g/mol. The highest BCUT2D eigenvalue weighted by molar-refractivity contribution is 5.94. The minimum Gasteiger partial charge on any atom is -0.477 e. The van der Waals surface area contributed by atoms with Crippen molar-refractivity contribution < 1.29 is 13.9 Å². The minimum atomic E-state index is -0.571. The van der Waals surface area contributed by atoms with Crippen LogP contribution in [0, 0.1) is 11.7 Å². The maximum atomic E-state index is 13.7. The van der Waals surface area contributed by atoms with Crippen LogP contribution in [0.15, 0.2) is 30.9 Å². The lowest BCUT2D eigenvalue weighted by Gasteiger charge is -2.31. The van der Waals surface area contributed by atoms with E-state index in [-0.39, 0.29) is 11.5 Å². The van der Waals surface area contributed by atoms with E-state index in [0.29, 0.717) is 37.4 Å². The monoisotopic (exact) mass is 356 g/mol. The Morgan fingerprint density at radius 1 is 1.23 bits per heavy atom. The van der Waals surface area contributed by atoms with Crippen LogP contribution in [-0.4, -0.2) is 45.5 Å². The molecule has 0 unspecified atom stereocenters. The number of carbonyl (C=O) groups is 1. The number of halogens is 1. The van der Waals surface area contributed by atoms with Gasteiger partial charge in [-0.15, -0.1) is 0 Å². The van der Waals surface area contributed by atoms with Crippen LogP contribution in [-0.2, 0) is 0 Å². The Kier molecular flexibility index (Phi) is 4.77. The number of ether oxygens (including phenoxy) is 1. The van der Waals surface area contributed by atoms with Crippen LogP contribution in [0.5, 0.6) is 5.88 Å². The van der Waals surface area contributed by atoms with Crippen molar-refractivity contribution in [2.24, 2.45) is 5.92 Å². The number of piperidine rings is 1. The number of carbonyl (C=O) groups excluding carboxylic acids is 1. The molecule has 0 N–H and O–H groups in total. The Bertz CT molecular complexity index is 789. The van der Waals surface area contributed by atoms with Crippen LogP contribution < -0.4 is 4.74 Å². The van der Waals surface area contributed by atoms with Gasteiger partial charge in [-0.25, -0.2) is 14.4 Å². The number of hydrogen-bond donors (Lipinski definition) is 0. The fourth-order valence-corrected chi connectivity index (χ4v) is 3.26. The summed E-state index contributed by atoms with van der Waals surface area (Å²) in [7, 11) is 0. The average Bonchev–Trinajstić information content (AvgIpc) is 3.52. The first-order valence-electron chi connectivity index (χ1n) is 9.04. The standard InChI is InChI=1S/C19H21FN4O2/c20-16-10-21-6-3-15(16)19(25)24-7-4-13(5-8-24)11-26-18-9-17(14-1-2-14)22-12-23-18/h3,6,9-10,12-14H,1-2,4-5,7-8,11H2. The third-order valence-corrected chi connectivity index (χ3v) is 5.03. The summed E-state index contributed by atoms with van der Waals surface area (Å²) >= 11 is 0. The Morgan fingerprint density at radius 3 is 2.77 bits per heavy atom. The number of aromatic nitrogens is 3. The van der Waals surface area contributed by atoms with Crippen molar-refractivity contribution >= 4 is 5.91 Å². The number of pyridine rings is 1. The first-order valence-corrected chi connectivity index (χ1v) is 9.04. The van der Waals surface area contributed by atoms with Crippen molar-refractivity contribution in [3.8, 4) is 5.88 Å². The van der Waals surface area contributed by atoms with Gasteiger partial charge in [-0.1, -0.05) is 0 Å². The second-order valence-electron chi connectivity index (χ2n) is 6.96. The van der Waals surface area contributed by atoms with Crippen LogP contribution in [0.1, 0.15) is 47.7 Å². The quantitative estimate of drug-likeness (QED) is 0.824. The first-order chi connectivity index (χ1) is 12.7. The molecule has 0 radical (unpaired) electrons. The molecule has 2 fully saturated rings. The summed E-state index contributed by atoms with van der Waals surface area (Å²) in [6.45, 7) is 1.78. The third kappa shape index (κ3) is 3.81. The van der Waals surface area contributed by atoms with Crippen molar-refractivity contribution in [2.75, 3.05) is 19.7 Å². The molecule has 1 aliphatic carbocycles. The van der Waals surface area contributed by atoms with Gasteiger partial charge in [0.15, 0.2) is 5.82 Å². The van der Waals surface area contributed by atoms with E-state index in [4.69, 9.17) is 4.74 Å². The van der Waals surface area contributed by atoms with Gasteiger partial charge in [-0.3, -0.25) is 9.78 Å². The lowest BCUT2D eigenvalue weighted by molar-refractivity contribution is 0.0654. The van der Waals surface area contributed by atoms with Gasteiger partial charge >= 0.3 is 0 Å². The van der Waals surface area contributed by atoms with E-state index < -0.39 is 5.82 Å². The fraction of sp³-hybridized carbons (Fsp3) is 0.474. The Labute approximate surface area is 151 Å². The molecule has 2 aliphatic rings. The minimum absolute atomic E-state index is 0.0864. The zero-order valence-electron chi connectivity index (χ0n) is 14.5. The van der Waals surface area contributed by atoms with E-state index in [1.54, 1.807) is 11.2 Å². The van der Waals surface area contributed by atoms with Crippen molar-refractivity contribution in [1.82, 2.24) is 19.9 Å². The summed E-state index contributed by atoms with van der Waals surface area (Å²) in [4.78, 5) is 26.3. The van der Waals surface area contributed by atoms with Gasteiger partial charge in [0.25, 0.3) is 5.91 Å².